The summed E-state index contributed by atoms with van der Waals surface area (Å²) in [6, 6.07) is 2.81. The molecule has 3 rings (SSSR count). The highest BCUT2D eigenvalue weighted by atomic mass is 15.2. The molecule has 0 saturated carbocycles. The van der Waals surface area contributed by atoms with E-state index in [1.54, 1.807) is 6.33 Å². The van der Waals surface area contributed by atoms with Gasteiger partial charge in [0.2, 0.25) is 0 Å². The molecule has 0 aromatic carbocycles. The maximum absolute atomic E-state index is 4.34. The largest absolute Gasteiger partial charge is 0.299 e. The average molecular weight is 246 g/mol. The number of nitrogens with zero attached hydrogens (tertiary/aromatic N) is 4. The maximum Gasteiger partial charge on any atom is 0.115 e. The molecule has 4 heteroatoms. The van der Waals surface area contributed by atoms with Crippen molar-refractivity contribution in [3.63, 3.8) is 0 Å². The first-order chi connectivity index (χ1) is 8.92. The van der Waals surface area contributed by atoms with E-state index in [4.69, 9.17) is 0 Å². The van der Waals surface area contributed by atoms with E-state index in [1.807, 2.05) is 12.3 Å². The molecule has 18 heavy (non-hydrogen) atoms. The topological polar surface area (TPSA) is 32.3 Å². The molecule has 4 nitrogen and oxygen atoms in total. The van der Waals surface area contributed by atoms with Gasteiger partial charge in [-0.2, -0.15) is 0 Å². The van der Waals surface area contributed by atoms with Crippen LogP contribution in [0.25, 0.3) is 0 Å². The highest BCUT2D eigenvalue weighted by Crippen LogP contribution is 2.21. The fraction of sp³-hybridized carbons (Fsp3) is 0.714. The van der Waals surface area contributed by atoms with Crippen LogP contribution in [0.1, 0.15) is 31.4 Å². The van der Waals surface area contributed by atoms with Crippen LogP contribution in [0, 0.1) is 0 Å². The smallest absolute Gasteiger partial charge is 0.115 e. The Morgan fingerprint density at radius 3 is 3.00 bits per heavy atom. The predicted molar refractivity (Wildman–Crippen MR) is 71.1 cm³/mol. The molecule has 2 aliphatic rings. The van der Waals surface area contributed by atoms with Gasteiger partial charge in [0.05, 0.1) is 5.69 Å². The predicted octanol–water partition coefficient (Wildman–Crippen LogP) is 1.54. The summed E-state index contributed by atoms with van der Waals surface area (Å²) in [4.78, 5) is 13.6. The van der Waals surface area contributed by atoms with Crippen LogP contribution in [0.5, 0.6) is 0 Å². The van der Waals surface area contributed by atoms with E-state index in [2.05, 4.69) is 19.8 Å². The Balaban J connectivity index is 1.63. The minimum Gasteiger partial charge on any atom is -0.299 e. The van der Waals surface area contributed by atoms with E-state index < -0.39 is 0 Å². The van der Waals surface area contributed by atoms with Crippen LogP contribution in [0.15, 0.2) is 18.6 Å². The van der Waals surface area contributed by atoms with Gasteiger partial charge in [-0.05, 0) is 45.0 Å². The molecule has 2 saturated heterocycles. The molecular weight excluding hydrogens is 224 g/mol. The van der Waals surface area contributed by atoms with Crippen LogP contribution in [-0.2, 0) is 6.54 Å². The average Bonchev–Trinajstić information content (AvgIpc) is 2.61. The molecule has 98 valence electrons. The molecule has 1 aromatic rings. The van der Waals surface area contributed by atoms with Crippen LogP contribution in [0.4, 0.5) is 0 Å². The first kappa shape index (κ1) is 12.1. The molecule has 0 bridgehead atoms. The van der Waals surface area contributed by atoms with Crippen molar-refractivity contribution in [2.45, 2.75) is 38.3 Å². The molecule has 0 radical (unpaired) electrons. The highest BCUT2D eigenvalue weighted by Gasteiger charge is 2.26. The second-order valence-corrected chi connectivity index (χ2v) is 5.47. The Hall–Kier alpha value is -1.00. The summed E-state index contributed by atoms with van der Waals surface area (Å²) in [5.41, 5.74) is 1.15. The van der Waals surface area contributed by atoms with Crippen LogP contribution >= 0.6 is 0 Å². The second-order valence-electron chi connectivity index (χ2n) is 5.47. The third-order valence-corrected chi connectivity index (χ3v) is 4.17. The minimum atomic E-state index is 0.781. The number of rotatable bonds is 2. The van der Waals surface area contributed by atoms with Gasteiger partial charge < -0.3 is 0 Å². The van der Waals surface area contributed by atoms with Gasteiger partial charge in [0.15, 0.2) is 0 Å². The van der Waals surface area contributed by atoms with Crippen molar-refractivity contribution < 1.29 is 0 Å². The van der Waals surface area contributed by atoms with Gasteiger partial charge in [-0.25, -0.2) is 9.97 Å². The molecule has 0 N–H and O–H groups in total. The van der Waals surface area contributed by atoms with Crippen molar-refractivity contribution in [3.05, 3.63) is 24.3 Å². The third kappa shape index (κ3) is 2.87. The lowest BCUT2D eigenvalue weighted by Gasteiger charge is -2.35. The van der Waals surface area contributed by atoms with E-state index in [-0.39, 0.29) is 0 Å². The summed E-state index contributed by atoms with van der Waals surface area (Å²) in [5.74, 6) is 0. The summed E-state index contributed by atoms with van der Waals surface area (Å²) >= 11 is 0. The standard InChI is InChI=1S/C14H22N4/c1-2-8-18-9-3-7-17(11-14(18)4-1)10-13-5-6-15-12-16-13/h5-6,12,14H,1-4,7-11H2. The van der Waals surface area contributed by atoms with Crippen molar-refractivity contribution in [1.82, 2.24) is 19.8 Å². The first-order valence-electron chi connectivity index (χ1n) is 7.13. The Morgan fingerprint density at radius 1 is 1.17 bits per heavy atom. The Labute approximate surface area is 109 Å². The second kappa shape index (κ2) is 5.76. The lowest BCUT2D eigenvalue weighted by molar-refractivity contribution is 0.134. The number of hydrogen-bond acceptors (Lipinski definition) is 4. The van der Waals surface area contributed by atoms with Crippen molar-refractivity contribution in [1.29, 1.82) is 0 Å². The highest BCUT2D eigenvalue weighted by molar-refractivity contribution is 4.98. The van der Waals surface area contributed by atoms with Crippen LogP contribution < -0.4 is 0 Å². The van der Waals surface area contributed by atoms with Crippen molar-refractivity contribution in [2.24, 2.45) is 0 Å². The molecule has 0 aliphatic carbocycles. The SMILES string of the molecule is c1cc(CN2CCCN3CCCCC3C2)ncn1. The fourth-order valence-corrected chi connectivity index (χ4v) is 3.23. The fourth-order valence-electron chi connectivity index (χ4n) is 3.23. The van der Waals surface area contributed by atoms with Gasteiger partial charge >= 0.3 is 0 Å². The van der Waals surface area contributed by atoms with E-state index >= 15 is 0 Å². The van der Waals surface area contributed by atoms with Crippen LogP contribution in [0.2, 0.25) is 0 Å². The molecule has 1 aromatic heterocycles. The van der Waals surface area contributed by atoms with Crippen LogP contribution in [-0.4, -0.2) is 52.0 Å². The summed E-state index contributed by atoms with van der Waals surface area (Å²) in [5, 5.41) is 0. The summed E-state index contributed by atoms with van der Waals surface area (Å²) in [7, 11) is 0. The first-order valence-corrected chi connectivity index (χ1v) is 7.13. The molecule has 0 amide bonds. The number of piperidine rings is 1. The Morgan fingerprint density at radius 2 is 2.11 bits per heavy atom. The zero-order valence-corrected chi connectivity index (χ0v) is 11.0. The Kier molecular flexibility index (Phi) is 3.86. The van der Waals surface area contributed by atoms with Gasteiger partial charge in [0.25, 0.3) is 0 Å². The van der Waals surface area contributed by atoms with Gasteiger partial charge in [0.1, 0.15) is 6.33 Å². The maximum atomic E-state index is 4.34. The number of aromatic nitrogens is 2. The zero-order valence-electron chi connectivity index (χ0n) is 11.0. The summed E-state index contributed by atoms with van der Waals surface area (Å²) < 4.78 is 0. The molecule has 2 fully saturated rings. The van der Waals surface area contributed by atoms with Crippen molar-refractivity contribution >= 4 is 0 Å². The third-order valence-electron chi connectivity index (χ3n) is 4.17. The van der Waals surface area contributed by atoms with Crippen molar-refractivity contribution in [2.75, 3.05) is 26.2 Å². The van der Waals surface area contributed by atoms with E-state index in [9.17, 15) is 0 Å². The molecule has 1 atom stereocenters. The molecule has 3 heterocycles. The van der Waals surface area contributed by atoms with Gasteiger partial charge in [-0.3, -0.25) is 9.80 Å². The van der Waals surface area contributed by atoms with E-state index in [1.165, 1.54) is 51.9 Å². The van der Waals surface area contributed by atoms with Crippen LogP contribution in [0.3, 0.4) is 0 Å². The molecule has 2 aliphatic heterocycles. The Bertz CT molecular complexity index is 367. The summed E-state index contributed by atoms with van der Waals surface area (Å²) in [6.07, 6.45) is 8.96. The lowest BCUT2D eigenvalue weighted by atomic mass is 10.0. The van der Waals surface area contributed by atoms with Crippen molar-refractivity contribution in [3.8, 4) is 0 Å². The van der Waals surface area contributed by atoms with Gasteiger partial charge in [-0.15, -0.1) is 0 Å². The number of hydrogen-bond donors (Lipinski definition) is 0. The normalized spacial score (nSPS) is 26.6. The quantitative estimate of drug-likeness (QED) is 0.792. The minimum absolute atomic E-state index is 0.781. The monoisotopic (exact) mass is 246 g/mol. The molecule has 0 spiro atoms. The summed E-state index contributed by atoms with van der Waals surface area (Å²) in [6.45, 7) is 5.99. The number of fused-ring (bicyclic) bond motifs is 1. The van der Waals surface area contributed by atoms with Gasteiger partial charge in [0, 0.05) is 25.3 Å². The van der Waals surface area contributed by atoms with E-state index in [0.717, 1.165) is 18.3 Å². The lowest BCUT2D eigenvalue weighted by Crippen LogP contribution is -2.43. The molecular formula is C14H22N4. The molecule has 1 unspecified atom stereocenters. The van der Waals surface area contributed by atoms with E-state index in [0.29, 0.717) is 0 Å². The zero-order chi connectivity index (χ0) is 12.2. The van der Waals surface area contributed by atoms with Gasteiger partial charge in [-0.1, -0.05) is 6.42 Å².